The number of nitriles is 1. The molecule has 1 aliphatic rings. The van der Waals surface area contributed by atoms with E-state index in [1.807, 2.05) is 18.2 Å². The summed E-state index contributed by atoms with van der Waals surface area (Å²) in [5.74, 6) is -0.368. The average molecular weight is 279 g/mol. The molecular weight excluding hydrogens is 266 g/mol. The van der Waals surface area contributed by atoms with Gasteiger partial charge < -0.3 is 9.47 Å². The number of hydrogen-bond donors (Lipinski definition) is 0. The molecule has 2 aromatic carbocycles. The molecule has 4 heteroatoms. The first kappa shape index (κ1) is 13.3. The second kappa shape index (κ2) is 5.39. The highest BCUT2D eigenvalue weighted by Crippen LogP contribution is 2.33. The molecule has 0 bridgehead atoms. The highest BCUT2D eigenvalue weighted by molar-refractivity contribution is 5.90. The van der Waals surface area contributed by atoms with Crippen molar-refractivity contribution in [2.24, 2.45) is 0 Å². The van der Waals surface area contributed by atoms with E-state index in [1.165, 1.54) is 7.11 Å². The molecule has 0 unspecified atom stereocenters. The number of esters is 1. The van der Waals surface area contributed by atoms with Crippen molar-refractivity contribution in [3.63, 3.8) is 0 Å². The van der Waals surface area contributed by atoms with E-state index in [0.717, 1.165) is 22.3 Å². The van der Waals surface area contributed by atoms with Gasteiger partial charge in [0.1, 0.15) is 0 Å². The van der Waals surface area contributed by atoms with Crippen molar-refractivity contribution < 1.29 is 14.3 Å². The molecule has 3 rings (SSSR count). The van der Waals surface area contributed by atoms with Crippen molar-refractivity contribution in [2.75, 3.05) is 7.11 Å². The van der Waals surface area contributed by atoms with Crippen LogP contribution in [0.15, 0.2) is 36.4 Å². The molecule has 0 radical (unpaired) electrons. The molecule has 0 spiro atoms. The van der Waals surface area contributed by atoms with Gasteiger partial charge in [0.15, 0.2) is 0 Å². The molecule has 21 heavy (non-hydrogen) atoms. The van der Waals surface area contributed by atoms with Crippen molar-refractivity contribution in [3.05, 3.63) is 58.7 Å². The third-order valence-electron chi connectivity index (χ3n) is 3.62. The van der Waals surface area contributed by atoms with Gasteiger partial charge in [-0.05, 0) is 34.9 Å². The third kappa shape index (κ3) is 2.28. The van der Waals surface area contributed by atoms with Crippen LogP contribution in [-0.2, 0) is 22.7 Å². The molecular formula is C17H13NO3. The van der Waals surface area contributed by atoms with E-state index in [1.54, 1.807) is 18.2 Å². The quantitative estimate of drug-likeness (QED) is 0.753. The van der Waals surface area contributed by atoms with Gasteiger partial charge >= 0.3 is 5.97 Å². The molecule has 1 aliphatic heterocycles. The Kier molecular flexibility index (Phi) is 3.43. The Balaban J connectivity index is 2.18. The van der Waals surface area contributed by atoms with Crippen molar-refractivity contribution >= 4 is 5.97 Å². The molecule has 0 saturated heterocycles. The highest BCUT2D eigenvalue weighted by Gasteiger charge is 2.18. The topological polar surface area (TPSA) is 59.3 Å². The summed E-state index contributed by atoms with van der Waals surface area (Å²) in [6.07, 6.45) is 0. The Hall–Kier alpha value is -2.64. The van der Waals surface area contributed by atoms with Crippen LogP contribution >= 0.6 is 0 Å². The van der Waals surface area contributed by atoms with Crippen LogP contribution in [0.1, 0.15) is 27.0 Å². The van der Waals surface area contributed by atoms with Gasteiger partial charge in [0.25, 0.3) is 0 Å². The zero-order valence-corrected chi connectivity index (χ0v) is 11.6. The summed E-state index contributed by atoms with van der Waals surface area (Å²) in [5.41, 5.74) is 4.92. The van der Waals surface area contributed by atoms with Crippen LogP contribution in [0, 0.1) is 11.3 Å². The fourth-order valence-corrected chi connectivity index (χ4v) is 2.58. The van der Waals surface area contributed by atoms with Gasteiger partial charge in [-0.25, -0.2) is 4.79 Å². The molecule has 0 atom stereocenters. The van der Waals surface area contributed by atoms with Crippen LogP contribution < -0.4 is 0 Å². The lowest BCUT2D eigenvalue weighted by Crippen LogP contribution is -2.02. The lowest BCUT2D eigenvalue weighted by molar-refractivity contribution is 0.0600. The normalized spacial score (nSPS) is 12.6. The standard InChI is InChI=1S/C17H13NO3/c1-20-17(19)11-5-6-14-13(7-11)9-21-10-16-12(8-18)3-2-4-15(14)16/h2-7H,9-10H2,1H3. The van der Waals surface area contributed by atoms with E-state index in [-0.39, 0.29) is 5.97 Å². The second-order valence-corrected chi connectivity index (χ2v) is 4.80. The van der Waals surface area contributed by atoms with Crippen LogP contribution in [0.2, 0.25) is 0 Å². The van der Waals surface area contributed by atoms with Gasteiger partial charge in [-0.3, -0.25) is 0 Å². The predicted molar refractivity (Wildman–Crippen MR) is 76.4 cm³/mol. The molecule has 104 valence electrons. The number of fused-ring (bicyclic) bond motifs is 3. The average Bonchev–Trinajstić information content (AvgIpc) is 2.72. The zero-order valence-electron chi connectivity index (χ0n) is 11.6. The molecule has 2 aromatic rings. The van der Waals surface area contributed by atoms with E-state index in [9.17, 15) is 10.1 Å². The summed E-state index contributed by atoms with van der Waals surface area (Å²) >= 11 is 0. The van der Waals surface area contributed by atoms with Gasteiger partial charge in [0, 0.05) is 5.56 Å². The molecule has 0 fully saturated rings. The Morgan fingerprint density at radius 1 is 1.24 bits per heavy atom. The Bertz CT molecular complexity index is 759. The number of nitrogens with zero attached hydrogens (tertiary/aromatic N) is 1. The van der Waals surface area contributed by atoms with Crippen LogP contribution in [0.3, 0.4) is 0 Å². The van der Waals surface area contributed by atoms with E-state index >= 15 is 0 Å². The first-order chi connectivity index (χ1) is 10.2. The van der Waals surface area contributed by atoms with E-state index in [0.29, 0.717) is 24.3 Å². The first-order valence-corrected chi connectivity index (χ1v) is 6.56. The minimum Gasteiger partial charge on any atom is -0.465 e. The number of rotatable bonds is 1. The molecule has 0 aliphatic carbocycles. The molecule has 1 heterocycles. The van der Waals surface area contributed by atoms with Gasteiger partial charge in [-0.15, -0.1) is 0 Å². The van der Waals surface area contributed by atoms with Crippen molar-refractivity contribution in [3.8, 4) is 17.2 Å². The molecule has 0 aromatic heterocycles. The van der Waals surface area contributed by atoms with Gasteiger partial charge in [-0.2, -0.15) is 5.26 Å². The van der Waals surface area contributed by atoms with Crippen LogP contribution in [0.4, 0.5) is 0 Å². The van der Waals surface area contributed by atoms with Crippen LogP contribution in [-0.4, -0.2) is 13.1 Å². The fourth-order valence-electron chi connectivity index (χ4n) is 2.58. The molecule has 0 amide bonds. The van der Waals surface area contributed by atoms with E-state index in [2.05, 4.69) is 6.07 Å². The SMILES string of the molecule is COC(=O)c1ccc2c(c1)COCc1c(C#N)cccc1-2. The van der Waals surface area contributed by atoms with Gasteiger partial charge in [0.05, 0.1) is 37.5 Å². The van der Waals surface area contributed by atoms with Crippen LogP contribution in [0.5, 0.6) is 0 Å². The van der Waals surface area contributed by atoms with Crippen molar-refractivity contribution in [1.82, 2.24) is 0 Å². The van der Waals surface area contributed by atoms with Crippen molar-refractivity contribution in [2.45, 2.75) is 13.2 Å². The molecule has 0 N–H and O–H groups in total. The molecule has 4 nitrogen and oxygen atoms in total. The third-order valence-corrected chi connectivity index (χ3v) is 3.62. The molecule has 0 saturated carbocycles. The first-order valence-electron chi connectivity index (χ1n) is 6.56. The predicted octanol–water partition coefficient (Wildman–Crippen LogP) is 3.04. The fraction of sp³-hybridized carbons (Fsp3) is 0.176. The monoisotopic (exact) mass is 279 g/mol. The summed E-state index contributed by atoms with van der Waals surface area (Å²) in [6, 6.07) is 13.2. The van der Waals surface area contributed by atoms with Gasteiger partial charge in [0.2, 0.25) is 0 Å². The summed E-state index contributed by atoms with van der Waals surface area (Å²) in [7, 11) is 1.36. The van der Waals surface area contributed by atoms with Gasteiger partial charge in [-0.1, -0.05) is 18.2 Å². The summed E-state index contributed by atoms with van der Waals surface area (Å²) < 4.78 is 10.4. The summed E-state index contributed by atoms with van der Waals surface area (Å²) in [4.78, 5) is 11.6. The Morgan fingerprint density at radius 2 is 2.10 bits per heavy atom. The smallest absolute Gasteiger partial charge is 0.337 e. The highest BCUT2D eigenvalue weighted by atomic mass is 16.5. The maximum Gasteiger partial charge on any atom is 0.337 e. The lowest BCUT2D eigenvalue weighted by atomic mass is 9.93. The minimum absolute atomic E-state index is 0.368. The maximum absolute atomic E-state index is 11.6. The van der Waals surface area contributed by atoms with E-state index in [4.69, 9.17) is 9.47 Å². The van der Waals surface area contributed by atoms with Crippen molar-refractivity contribution in [1.29, 1.82) is 5.26 Å². The minimum atomic E-state index is -0.368. The maximum atomic E-state index is 11.6. The number of hydrogen-bond acceptors (Lipinski definition) is 4. The lowest BCUT2D eigenvalue weighted by Gasteiger charge is -2.10. The zero-order chi connectivity index (χ0) is 14.8. The Labute approximate surface area is 122 Å². The number of ether oxygens (including phenoxy) is 2. The summed E-state index contributed by atoms with van der Waals surface area (Å²) in [6.45, 7) is 0.793. The van der Waals surface area contributed by atoms with Crippen LogP contribution in [0.25, 0.3) is 11.1 Å². The van der Waals surface area contributed by atoms with E-state index < -0.39 is 0 Å². The second-order valence-electron chi connectivity index (χ2n) is 4.80. The summed E-state index contributed by atoms with van der Waals surface area (Å²) in [5, 5.41) is 9.22. The number of carbonyl (C=O) groups is 1. The Morgan fingerprint density at radius 3 is 2.86 bits per heavy atom. The largest absolute Gasteiger partial charge is 0.465 e. The number of methoxy groups -OCH3 is 1. The number of benzene rings is 2. The number of carbonyl (C=O) groups excluding carboxylic acids is 1.